The van der Waals surface area contributed by atoms with Crippen LogP contribution in [0.15, 0.2) is 79.1 Å². The van der Waals surface area contributed by atoms with Crippen molar-refractivity contribution in [1.82, 2.24) is 0 Å². The molecule has 2 aromatic heterocycles. The van der Waals surface area contributed by atoms with Crippen molar-refractivity contribution in [1.29, 1.82) is 0 Å². The summed E-state index contributed by atoms with van der Waals surface area (Å²) in [6, 6.07) is 23.3. The molecular formula is C50H54F2N2+2. The predicted molar refractivity (Wildman–Crippen MR) is 217 cm³/mol. The molecule has 54 heavy (non-hydrogen) atoms. The Morgan fingerprint density at radius 2 is 1.37 bits per heavy atom. The van der Waals surface area contributed by atoms with Crippen LogP contribution in [-0.4, -0.2) is 0 Å². The fourth-order valence-corrected chi connectivity index (χ4v) is 11.6. The lowest BCUT2D eigenvalue weighted by Crippen LogP contribution is -2.61. The summed E-state index contributed by atoms with van der Waals surface area (Å²) in [7, 11) is 2.10. The summed E-state index contributed by atoms with van der Waals surface area (Å²) >= 11 is 0. The van der Waals surface area contributed by atoms with Crippen molar-refractivity contribution in [3.05, 3.63) is 130 Å². The zero-order valence-electron chi connectivity index (χ0n) is 33.4. The van der Waals surface area contributed by atoms with Gasteiger partial charge in [0.15, 0.2) is 17.9 Å². The van der Waals surface area contributed by atoms with Crippen molar-refractivity contribution in [3.8, 4) is 22.5 Å². The average molecular weight is 721 g/mol. The van der Waals surface area contributed by atoms with Gasteiger partial charge in [-0.1, -0.05) is 97.4 Å². The molecule has 0 spiro atoms. The molecule has 0 bridgehead atoms. The number of aromatic nitrogens is 2. The Bertz CT molecular complexity index is 2540. The normalized spacial score (nSPS) is 18.1. The van der Waals surface area contributed by atoms with Gasteiger partial charge >= 0.3 is 0 Å². The second-order valence-corrected chi connectivity index (χ2v) is 17.7. The minimum absolute atomic E-state index is 0.108. The number of aryl methyl sites for hydroxylation is 3. The third kappa shape index (κ3) is 4.61. The van der Waals surface area contributed by atoms with E-state index in [9.17, 15) is 0 Å². The summed E-state index contributed by atoms with van der Waals surface area (Å²) in [6.07, 6.45) is 12.4. The average Bonchev–Trinajstić information content (AvgIpc) is 3.27. The summed E-state index contributed by atoms with van der Waals surface area (Å²) in [5.41, 5.74) is 11.3. The molecule has 9 rings (SSSR count). The van der Waals surface area contributed by atoms with E-state index in [4.69, 9.17) is 0 Å². The molecule has 3 aliphatic rings. The molecule has 1 aliphatic heterocycles. The summed E-state index contributed by atoms with van der Waals surface area (Å²) in [5.74, 6) is 0.0319. The smallest absolute Gasteiger partial charge is 0.207 e. The van der Waals surface area contributed by atoms with Crippen molar-refractivity contribution in [3.63, 3.8) is 0 Å². The molecule has 276 valence electrons. The Morgan fingerprint density at radius 1 is 0.685 bits per heavy atom. The zero-order valence-corrected chi connectivity index (χ0v) is 33.4. The number of hydrogen-bond donors (Lipinski definition) is 0. The molecule has 4 aromatic carbocycles. The first-order chi connectivity index (χ1) is 25.9. The maximum absolute atomic E-state index is 16.4. The lowest BCUT2D eigenvalue weighted by atomic mass is 9.67. The van der Waals surface area contributed by atoms with Crippen LogP contribution in [0.2, 0.25) is 0 Å². The van der Waals surface area contributed by atoms with Gasteiger partial charge in [-0.2, -0.15) is 4.57 Å². The highest BCUT2D eigenvalue weighted by atomic mass is 19.1. The largest absolute Gasteiger partial charge is 0.221 e. The van der Waals surface area contributed by atoms with Gasteiger partial charge in [-0.25, -0.2) is 13.3 Å². The fourth-order valence-electron chi connectivity index (χ4n) is 11.6. The van der Waals surface area contributed by atoms with Crippen molar-refractivity contribution in [2.45, 2.75) is 116 Å². The Hall–Kier alpha value is -4.44. The Balaban J connectivity index is 1.25. The van der Waals surface area contributed by atoms with Crippen molar-refractivity contribution in [2.75, 3.05) is 0 Å². The number of pyridine rings is 2. The van der Waals surface area contributed by atoms with Crippen LogP contribution < -0.4 is 9.13 Å². The molecule has 0 fully saturated rings. The molecule has 6 aromatic rings. The number of fused-ring (bicyclic) bond motifs is 2. The highest BCUT2D eigenvalue weighted by molar-refractivity contribution is 6.03. The van der Waals surface area contributed by atoms with E-state index in [-0.39, 0.29) is 23.1 Å². The maximum Gasteiger partial charge on any atom is 0.221 e. The first-order valence-electron chi connectivity index (χ1n) is 20.5. The highest BCUT2D eigenvalue weighted by Crippen LogP contribution is 2.54. The first-order valence-corrected chi connectivity index (χ1v) is 20.5. The van der Waals surface area contributed by atoms with Crippen LogP contribution in [-0.2, 0) is 42.7 Å². The van der Waals surface area contributed by atoms with Crippen LogP contribution in [0.1, 0.15) is 120 Å². The summed E-state index contributed by atoms with van der Waals surface area (Å²) in [4.78, 5) is 0. The van der Waals surface area contributed by atoms with E-state index in [1.54, 1.807) is 12.1 Å². The zero-order chi connectivity index (χ0) is 37.9. The molecule has 0 saturated carbocycles. The molecule has 2 nitrogen and oxygen atoms in total. The van der Waals surface area contributed by atoms with Gasteiger partial charge in [-0.15, -0.1) is 0 Å². The number of nitrogens with zero attached hydrogens (tertiary/aromatic N) is 2. The molecule has 2 aliphatic carbocycles. The monoisotopic (exact) mass is 720 g/mol. The quantitative estimate of drug-likeness (QED) is 0.138. The Labute approximate surface area is 319 Å². The second kappa shape index (κ2) is 12.3. The van der Waals surface area contributed by atoms with Gasteiger partial charge in [-0.3, -0.25) is 0 Å². The van der Waals surface area contributed by atoms with Gasteiger partial charge in [0, 0.05) is 52.8 Å². The van der Waals surface area contributed by atoms with Gasteiger partial charge in [-0.05, 0) is 82.8 Å². The Morgan fingerprint density at radius 3 is 2.09 bits per heavy atom. The SMILES string of the molecule is CCCCc1ccc2c3c4[n+](ccc13)C(CC)(CC)C(CCc1ccc(F)c3c1-c1c5c(cccc5cc[n+]1C)C3(C)C)Cc1ccc(F)c(c1-4)C2(C)C. The van der Waals surface area contributed by atoms with Gasteiger partial charge < -0.3 is 0 Å². The third-order valence-electron chi connectivity index (χ3n) is 14.4. The molecule has 0 N–H and O–H groups in total. The number of rotatable bonds is 8. The lowest BCUT2D eigenvalue weighted by Gasteiger charge is -2.37. The highest BCUT2D eigenvalue weighted by Gasteiger charge is 2.52. The van der Waals surface area contributed by atoms with Gasteiger partial charge in [0.25, 0.3) is 0 Å². The molecule has 4 heteroatoms. The summed E-state index contributed by atoms with van der Waals surface area (Å²) in [6.45, 7) is 15.8. The molecule has 1 atom stereocenters. The van der Waals surface area contributed by atoms with Gasteiger partial charge in [0.1, 0.15) is 18.7 Å². The molecule has 0 saturated heterocycles. The molecule has 3 heterocycles. The predicted octanol–water partition coefficient (Wildman–Crippen LogP) is 11.7. The third-order valence-corrected chi connectivity index (χ3v) is 14.4. The first kappa shape index (κ1) is 35.3. The van der Waals surface area contributed by atoms with Gasteiger partial charge in [0.05, 0.1) is 21.9 Å². The molecular weight excluding hydrogens is 667 g/mol. The van der Waals surface area contributed by atoms with Crippen molar-refractivity contribution >= 4 is 21.5 Å². The van der Waals surface area contributed by atoms with Crippen LogP contribution in [0.5, 0.6) is 0 Å². The van der Waals surface area contributed by atoms with E-state index in [1.807, 2.05) is 0 Å². The van der Waals surface area contributed by atoms with Crippen LogP contribution in [0, 0.1) is 17.6 Å². The maximum atomic E-state index is 16.4. The topological polar surface area (TPSA) is 7.76 Å². The molecule has 1 unspecified atom stereocenters. The van der Waals surface area contributed by atoms with Crippen LogP contribution in [0.4, 0.5) is 8.78 Å². The number of benzene rings is 4. The van der Waals surface area contributed by atoms with E-state index in [2.05, 4.69) is 132 Å². The van der Waals surface area contributed by atoms with E-state index in [1.165, 1.54) is 55.1 Å². The summed E-state index contributed by atoms with van der Waals surface area (Å²) < 4.78 is 37.5. The summed E-state index contributed by atoms with van der Waals surface area (Å²) in [5, 5.41) is 5.06. The van der Waals surface area contributed by atoms with Crippen LogP contribution in [0.3, 0.4) is 0 Å². The van der Waals surface area contributed by atoms with Crippen molar-refractivity contribution in [2.24, 2.45) is 13.0 Å². The number of unbranched alkanes of at least 4 members (excludes halogenated alkanes) is 1. The van der Waals surface area contributed by atoms with E-state index in [0.717, 1.165) is 79.3 Å². The number of halogens is 2. The van der Waals surface area contributed by atoms with Crippen LogP contribution >= 0.6 is 0 Å². The van der Waals surface area contributed by atoms with E-state index in [0.29, 0.717) is 0 Å². The fraction of sp³-hybridized carbons (Fsp3) is 0.400. The number of hydrogen-bond acceptors (Lipinski definition) is 0. The Kier molecular flexibility index (Phi) is 8.02. The standard InChI is InChI=1S/C50H54F2N2/c1-9-12-14-30-18-22-37-43-35(30)26-28-54-47(43)42-33(20-24-39(52)45(42)49(37,6)7)29-34(50(54,10-2)11-3)21-17-32-19-23-38(51)44-41(32)46-40-31(25-27-53(46)8)15-13-16-36(40)48(44,4)5/h13,15-16,18-20,22-28,34H,9-12,14,17,21,29H2,1-8H3/q+2. The van der Waals surface area contributed by atoms with Crippen molar-refractivity contribution < 1.29 is 17.9 Å². The van der Waals surface area contributed by atoms with Crippen LogP contribution in [0.25, 0.3) is 44.1 Å². The molecule has 0 amide bonds. The molecule has 0 radical (unpaired) electrons. The second-order valence-electron chi connectivity index (χ2n) is 17.7. The minimum atomic E-state index is -0.486. The lowest BCUT2D eigenvalue weighted by molar-refractivity contribution is -0.763. The van der Waals surface area contributed by atoms with E-state index < -0.39 is 10.8 Å². The minimum Gasteiger partial charge on any atom is -0.207 e. The van der Waals surface area contributed by atoms with E-state index >= 15 is 8.78 Å². The van der Waals surface area contributed by atoms with Gasteiger partial charge in [0.2, 0.25) is 11.4 Å².